The summed E-state index contributed by atoms with van der Waals surface area (Å²) in [7, 11) is 0.580. The normalized spacial score (nSPS) is 26.4. The molecule has 1 saturated heterocycles. The highest BCUT2D eigenvalue weighted by atomic mass is 28.2. The minimum Gasteiger partial charge on any atom is -0.441 e. The Morgan fingerprint density at radius 1 is 1.20 bits per heavy atom. The maximum absolute atomic E-state index is 12.1. The first-order valence-electron chi connectivity index (χ1n) is 6.91. The number of β-lactam (4-membered cyclic amide) rings is 1. The highest BCUT2D eigenvalue weighted by molar-refractivity contribution is 5.98. The fraction of sp³-hybridized carbons (Fsp3) is 0.857. The lowest BCUT2D eigenvalue weighted by atomic mass is 9.51. The van der Waals surface area contributed by atoms with Crippen molar-refractivity contribution in [2.24, 2.45) is 16.7 Å². The van der Waals surface area contributed by atoms with Crippen molar-refractivity contribution in [2.75, 3.05) is 0 Å². The van der Waals surface area contributed by atoms with Gasteiger partial charge in [0.05, 0.1) is 5.60 Å². The van der Waals surface area contributed by atoms with Crippen molar-refractivity contribution in [3.05, 3.63) is 0 Å². The van der Waals surface area contributed by atoms with E-state index in [2.05, 4.69) is 26.1 Å². The molecule has 0 bridgehead atoms. The summed E-state index contributed by atoms with van der Waals surface area (Å²) in [5.74, 6) is -0.878. The van der Waals surface area contributed by atoms with Crippen LogP contribution < -0.4 is 5.32 Å². The number of carbonyl (C=O) groups excluding carboxylic acids is 2. The van der Waals surface area contributed by atoms with Crippen LogP contribution in [0.1, 0.15) is 48.5 Å². The van der Waals surface area contributed by atoms with Crippen LogP contribution in [-0.2, 0) is 18.8 Å². The van der Waals surface area contributed by atoms with Crippen LogP contribution in [-0.4, -0.2) is 34.2 Å². The quantitative estimate of drug-likeness (QED) is 0.473. The zero-order valence-corrected chi connectivity index (χ0v) is 15.8. The predicted octanol–water partition coefficient (Wildman–Crippen LogP) is 0.750. The van der Waals surface area contributed by atoms with Crippen molar-refractivity contribution in [3.8, 4) is 0 Å². The van der Waals surface area contributed by atoms with Crippen molar-refractivity contribution < 1.29 is 18.8 Å². The molecule has 0 radical (unpaired) electrons. The van der Waals surface area contributed by atoms with Gasteiger partial charge in [-0.3, -0.25) is 9.59 Å². The number of carbonyl (C=O) groups is 2. The van der Waals surface area contributed by atoms with Gasteiger partial charge in [-0.25, -0.2) is 0 Å². The van der Waals surface area contributed by atoms with E-state index < -0.39 is 23.2 Å². The SMILES string of the molecule is CC(=O)O[C@H]1NC(=O)[C@@H]1[C@](C)(C(C)(C)C)C(C)(C)O[SiH3]. The summed E-state index contributed by atoms with van der Waals surface area (Å²) in [6.45, 7) is 13.7. The molecule has 0 saturated carbocycles. The molecule has 1 aliphatic heterocycles. The zero-order chi connectivity index (χ0) is 15.9. The predicted molar refractivity (Wildman–Crippen MR) is 79.9 cm³/mol. The molecule has 0 aliphatic carbocycles. The summed E-state index contributed by atoms with van der Waals surface area (Å²) >= 11 is 0. The molecule has 6 heteroatoms. The summed E-state index contributed by atoms with van der Waals surface area (Å²) in [6.07, 6.45) is -0.569. The third-order valence-electron chi connectivity index (χ3n) is 5.10. The van der Waals surface area contributed by atoms with E-state index in [0.29, 0.717) is 10.5 Å². The highest BCUT2D eigenvalue weighted by Crippen LogP contribution is 2.56. The molecule has 116 valence electrons. The molecule has 0 spiro atoms. The first-order valence-corrected chi connectivity index (χ1v) is 7.73. The van der Waals surface area contributed by atoms with Gasteiger partial charge in [-0.2, -0.15) is 0 Å². The van der Waals surface area contributed by atoms with Gasteiger partial charge in [0.25, 0.3) is 0 Å². The van der Waals surface area contributed by atoms with Crippen LogP contribution in [0.5, 0.6) is 0 Å². The molecule has 1 fully saturated rings. The van der Waals surface area contributed by atoms with Crippen molar-refractivity contribution in [1.82, 2.24) is 5.32 Å². The van der Waals surface area contributed by atoms with Gasteiger partial charge in [0.2, 0.25) is 5.91 Å². The van der Waals surface area contributed by atoms with Crippen LogP contribution in [0.15, 0.2) is 0 Å². The second-order valence-corrected chi connectivity index (χ2v) is 7.59. The number of rotatable bonds is 4. The molecule has 0 aromatic carbocycles. The molecular weight excluding hydrogens is 274 g/mol. The topological polar surface area (TPSA) is 64.6 Å². The maximum Gasteiger partial charge on any atom is 0.304 e. The average Bonchev–Trinajstić information content (AvgIpc) is 2.25. The Morgan fingerprint density at radius 3 is 2.00 bits per heavy atom. The Kier molecular flexibility index (Phi) is 4.42. The second kappa shape index (κ2) is 5.15. The molecule has 1 rings (SSSR count). The van der Waals surface area contributed by atoms with Crippen LogP contribution in [0.25, 0.3) is 0 Å². The van der Waals surface area contributed by atoms with Gasteiger partial charge >= 0.3 is 5.97 Å². The van der Waals surface area contributed by atoms with Gasteiger partial charge in [0.1, 0.15) is 16.4 Å². The van der Waals surface area contributed by atoms with E-state index in [1.54, 1.807) is 0 Å². The number of nitrogens with one attached hydrogen (secondary N) is 1. The summed E-state index contributed by atoms with van der Waals surface area (Å²) in [6, 6.07) is 0. The van der Waals surface area contributed by atoms with Crippen LogP contribution in [0.2, 0.25) is 0 Å². The van der Waals surface area contributed by atoms with E-state index in [4.69, 9.17) is 9.16 Å². The molecule has 0 aromatic rings. The Morgan fingerprint density at radius 2 is 1.70 bits per heavy atom. The first kappa shape index (κ1) is 17.2. The lowest BCUT2D eigenvalue weighted by molar-refractivity contribution is -0.206. The Balaban J connectivity index is 3.25. The fourth-order valence-electron chi connectivity index (χ4n) is 3.15. The van der Waals surface area contributed by atoms with E-state index in [-0.39, 0.29) is 17.3 Å². The van der Waals surface area contributed by atoms with Gasteiger partial charge in [0.15, 0.2) is 6.23 Å². The molecule has 0 aromatic heterocycles. The third-order valence-corrected chi connectivity index (χ3v) is 6.12. The smallest absolute Gasteiger partial charge is 0.304 e. The summed E-state index contributed by atoms with van der Waals surface area (Å²) in [5, 5.41) is 2.67. The van der Waals surface area contributed by atoms with Gasteiger partial charge in [-0.15, -0.1) is 0 Å². The molecule has 5 nitrogen and oxygen atoms in total. The molecule has 20 heavy (non-hydrogen) atoms. The van der Waals surface area contributed by atoms with E-state index in [9.17, 15) is 9.59 Å². The molecule has 0 unspecified atom stereocenters. The summed E-state index contributed by atoms with van der Waals surface area (Å²) in [5.41, 5.74) is -1.15. The molecule has 3 atom stereocenters. The van der Waals surface area contributed by atoms with Crippen molar-refractivity contribution in [3.63, 3.8) is 0 Å². The maximum atomic E-state index is 12.1. The number of esters is 1. The summed E-state index contributed by atoms with van der Waals surface area (Å²) < 4.78 is 11.0. The van der Waals surface area contributed by atoms with Gasteiger partial charge < -0.3 is 14.5 Å². The standard InChI is InChI=1S/C14H27NO4Si/c1-8(16)18-11-9(10(17)15-11)14(7,12(2,3)4)13(5,6)19-20/h9,11H,1-7,20H3,(H,15,17)/t9-,11+,14+/m0/s1. The van der Waals surface area contributed by atoms with Crippen molar-refractivity contribution in [1.29, 1.82) is 0 Å². The first-order chi connectivity index (χ1) is 8.88. The monoisotopic (exact) mass is 301 g/mol. The van der Waals surface area contributed by atoms with Crippen LogP contribution >= 0.6 is 0 Å². The van der Waals surface area contributed by atoms with E-state index in [1.165, 1.54) is 6.92 Å². The zero-order valence-electron chi connectivity index (χ0n) is 13.8. The molecular formula is C14H27NO4Si. The third kappa shape index (κ3) is 2.51. The lowest BCUT2D eigenvalue weighted by Gasteiger charge is -2.59. The largest absolute Gasteiger partial charge is 0.441 e. The second-order valence-electron chi connectivity index (χ2n) is 7.18. The molecule has 1 N–H and O–H groups in total. The highest BCUT2D eigenvalue weighted by Gasteiger charge is 2.63. The Hall–Kier alpha value is -0.883. The van der Waals surface area contributed by atoms with E-state index in [0.717, 1.165) is 0 Å². The van der Waals surface area contributed by atoms with Crippen LogP contribution in [0.4, 0.5) is 0 Å². The fourth-order valence-corrected chi connectivity index (χ4v) is 3.58. The average molecular weight is 301 g/mol. The Bertz CT molecular complexity index is 416. The van der Waals surface area contributed by atoms with Crippen LogP contribution in [0, 0.1) is 16.7 Å². The number of hydrogen-bond donors (Lipinski definition) is 1. The van der Waals surface area contributed by atoms with Crippen LogP contribution in [0.3, 0.4) is 0 Å². The van der Waals surface area contributed by atoms with Crippen molar-refractivity contribution >= 4 is 22.4 Å². The van der Waals surface area contributed by atoms with Gasteiger partial charge in [-0.1, -0.05) is 27.7 Å². The van der Waals surface area contributed by atoms with E-state index in [1.807, 2.05) is 20.8 Å². The Labute approximate surface area is 124 Å². The number of hydrogen-bond acceptors (Lipinski definition) is 4. The lowest BCUT2D eigenvalue weighted by Crippen LogP contribution is -2.72. The van der Waals surface area contributed by atoms with Gasteiger partial charge in [-0.05, 0) is 19.3 Å². The molecule has 1 aliphatic rings. The molecule has 1 amide bonds. The number of ether oxygens (including phenoxy) is 1. The van der Waals surface area contributed by atoms with E-state index >= 15 is 0 Å². The van der Waals surface area contributed by atoms with Gasteiger partial charge in [0, 0.05) is 12.3 Å². The minimum atomic E-state index is -0.569. The van der Waals surface area contributed by atoms with Crippen molar-refractivity contribution in [2.45, 2.75) is 60.3 Å². The molecule has 1 heterocycles. The minimum absolute atomic E-state index is 0.0829. The summed E-state index contributed by atoms with van der Waals surface area (Å²) in [4.78, 5) is 23.3. The number of amides is 1.